The van der Waals surface area contributed by atoms with Crippen molar-refractivity contribution in [1.82, 2.24) is 0 Å². The molecule has 2 rings (SSSR count). The molecular formula is C11H11N2OS-. The highest BCUT2D eigenvalue weighted by molar-refractivity contribution is 7.19. The van der Waals surface area contributed by atoms with Crippen LogP contribution < -0.4 is 5.73 Å². The second-order valence-electron chi connectivity index (χ2n) is 3.64. The van der Waals surface area contributed by atoms with Crippen LogP contribution in [0.5, 0.6) is 0 Å². The maximum atomic E-state index is 11.1. The van der Waals surface area contributed by atoms with Crippen molar-refractivity contribution in [3.8, 4) is 0 Å². The molecular weight excluding hydrogens is 208 g/mol. The first-order valence-electron chi connectivity index (χ1n) is 4.56. The van der Waals surface area contributed by atoms with E-state index in [1.807, 2.05) is 30.3 Å². The molecule has 78 valence electrons. The van der Waals surface area contributed by atoms with Gasteiger partial charge < -0.3 is 11.5 Å². The van der Waals surface area contributed by atoms with Gasteiger partial charge in [0, 0.05) is 9.58 Å². The first-order valence-corrected chi connectivity index (χ1v) is 5.37. The maximum Gasteiger partial charge on any atom is 0.207 e. The third-order valence-electron chi connectivity index (χ3n) is 2.41. The van der Waals surface area contributed by atoms with Crippen LogP contribution in [0, 0.1) is 0 Å². The Kier molecular flexibility index (Phi) is 2.25. The lowest BCUT2D eigenvalue weighted by molar-refractivity contribution is -0.121. The molecule has 0 spiro atoms. The van der Waals surface area contributed by atoms with Crippen molar-refractivity contribution < 1.29 is 4.79 Å². The fraction of sp³-hybridized carbons (Fsp3) is 0.182. The molecule has 0 aliphatic rings. The molecule has 0 saturated carbocycles. The minimum atomic E-state index is -1.33. The predicted molar refractivity (Wildman–Crippen MR) is 62.7 cm³/mol. The number of hydrogen-bond acceptors (Lipinski definition) is 2. The quantitative estimate of drug-likeness (QED) is 0.828. The number of hydrogen-bond donors (Lipinski definition) is 1. The molecule has 0 saturated heterocycles. The number of rotatable bonds is 2. The number of thiophene rings is 1. The number of nitrogens with two attached hydrogens (primary N) is 1. The van der Waals surface area contributed by atoms with Crippen molar-refractivity contribution in [3.63, 3.8) is 0 Å². The second kappa shape index (κ2) is 3.32. The van der Waals surface area contributed by atoms with E-state index in [0.717, 1.165) is 10.1 Å². The average molecular weight is 219 g/mol. The molecule has 0 fully saturated rings. The molecule has 0 aliphatic carbocycles. The molecule has 1 amide bonds. The first kappa shape index (κ1) is 10.1. The van der Waals surface area contributed by atoms with Crippen LogP contribution in [0.3, 0.4) is 0 Å². The number of nitrogens with one attached hydrogen (secondary N) is 1. The summed E-state index contributed by atoms with van der Waals surface area (Å²) in [6, 6.07) is 9.67. The van der Waals surface area contributed by atoms with Crippen LogP contribution in [0.15, 0.2) is 30.3 Å². The number of carbonyl (C=O) groups excluding carboxylic acids is 1. The number of benzene rings is 1. The van der Waals surface area contributed by atoms with Gasteiger partial charge in [-0.15, -0.1) is 11.3 Å². The normalized spacial score (nSPS) is 15.1. The first-order chi connectivity index (χ1) is 7.01. The Morgan fingerprint density at radius 2 is 2.13 bits per heavy atom. The fourth-order valence-electron chi connectivity index (χ4n) is 1.35. The smallest absolute Gasteiger partial charge is 0.207 e. The highest BCUT2D eigenvalue weighted by Gasteiger charge is 2.21. The minimum absolute atomic E-state index is 0.617. The van der Waals surface area contributed by atoms with Gasteiger partial charge in [0.05, 0.1) is 0 Å². The summed E-state index contributed by atoms with van der Waals surface area (Å²) < 4.78 is 1.08. The Morgan fingerprint density at radius 1 is 1.47 bits per heavy atom. The van der Waals surface area contributed by atoms with E-state index in [4.69, 9.17) is 11.5 Å². The number of amides is 1. The zero-order chi connectivity index (χ0) is 11.1. The van der Waals surface area contributed by atoms with Crippen LogP contribution >= 0.6 is 11.3 Å². The van der Waals surface area contributed by atoms with Crippen LogP contribution in [0.2, 0.25) is 0 Å². The Balaban J connectivity index is 2.58. The second-order valence-corrected chi connectivity index (χ2v) is 4.72. The monoisotopic (exact) mass is 219 g/mol. The van der Waals surface area contributed by atoms with Crippen LogP contribution in [0.4, 0.5) is 0 Å². The van der Waals surface area contributed by atoms with Gasteiger partial charge in [-0.25, -0.2) is 0 Å². The summed E-state index contributed by atoms with van der Waals surface area (Å²) in [5.41, 5.74) is 11.8. The van der Waals surface area contributed by atoms with Gasteiger partial charge in [-0.3, -0.25) is 4.79 Å². The van der Waals surface area contributed by atoms with Crippen LogP contribution in [-0.2, 0) is 10.3 Å². The lowest BCUT2D eigenvalue weighted by Crippen LogP contribution is -2.33. The van der Waals surface area contributed by atoms with Gasteiger partial charge in [-0.1, -0.05) is 25.1 Å². The summed E-state index contributed by atoms with van der Waals surface area (Å²) in [4.78, 5) is 11.8. The summed E-state index contributed by atoms with van der Waals surface area (Å²) in [6.07, 6.45) is 0. The molecule has 3 nitrogen and oxygen atoms in total. The van der Waals surface area contributed by atoms with Crippen LogP contribution in [0.25, 0.3) is 15.8 Å². The van der Waals surface area contributed by atoms with Crippen molar-refractivity contribution in [2.45, 2.75) is 12.5 Å². The van der Waals surface area contributed by atoms with E-state index in [1.165, 1.54) is 18.3 Å². The lowest BCUT2D eigenvalue weighted by Gasteiger charge is -2.28. The van der Waals surface area contributed by atoms with Crippen molar-refractivity contribution in [2.75, 3.05) is 0 Å². The third kappa shape index (κ3) is 1.62. The van der Waals surface area contributed by atoms with Gasteiger partial charge in [-0.05, 0) is 23.1 Å². The molecule has 1 heterocycles. The number of fused-ring (bicyclic) bond motifs is 1. The molecule has 0 aliphatic heterocycles. The Hall–Kier alpha value is -1.39. The summed E-state index contributed by atoms with van der Waals surface area (Å²) in [7, 11) is 0. The Morgan fingerprint density at radius 3 is 2.73 bits per heavy atom. The lowest BCUT2D eigenvalue weighted by atomic mass is 10.0. The molecule has 15 heavy (non-hydrogen) atoms. The number of carbonyl (C=O) groups is 1. The SMILES string of the molecule is C[C@@]([NH-])(C(N)=O)c1cc2ccccc2s1. The fourth-order valence-corrected chi connectivity index (χ4v) is 2.47. The largest absolute Gasteiger partial charge is 0.660 e. The van der Waals surface area contributed by atoms with Crippen molar-refractivity contribution >= 4 is 27.3 Å². The Labute approximate surface area is 91.7 Å². The van der Waals surface area contributed by atoms with E-state index in [9.17, 15) is 4.79 Å². The standard InChI is InChI=1S/C11H11N2OS/c1-11(13,10(12)14)9-6-7-4-2-3-5-8(7)15-9/h2-6,13H,1H3,(H2,12,14)/q-1/t11-/m0/s1. The zero-order valence-corrected chi connectivity index (χ0v) is 9.10. The molecule has 1 aromatic heterocycles. The van der Waals surface area contributed by atoms with E-state index in [1.54, 1.807) is 0 Å². The van der Waals surface area contributed by atoms with E-state index in [0.29, 0.717) is 4.88 Å². The molecule has 0 unspecified atom stereocenters. The van der Waals surface area contributed by atoms with E-state index in [2.05, 4.69) is 0 Å². The third-order valence-corrected chi connectivity index (χ3v) is 3.75. The molecule has 0 radical (unpaired) electrons. The Bertz CT molecular complexity index is 483. The highest BCUT2D eigenvalue weighted by Crippen LogP contribution is 2.34. The minimum Gasteiger partial charge on any atom is -0.660 e. The molecule has 3 N–H and O–H groups in total. The van der Waals surface area contributed by atoms with Gasteiger partial charge in [-0.2, -0.15) is 0 Å². The summed E-state index contributed by atoms with van der Waals surface area (Å²) in [5.74, 6) is -0.617. The van der Waals surface area contributed by atoms with Gasteiger partial charge in [0.15, 0.2) is 0 Å². The molecule has 1 aromatic carbocycles. The van der Waals surface area contributed by atoms with Crippen LogP contribution in [-0.4, -0.2) is 5.91 Å². The van der Waals surface area contributed by atoms with Gasteiger partial charge in [0.25, 0.3) is 0 Å². The number of primary amides is 1. The van der Waals surface area contributed by atoms with E-state index < -0.39 is 11.4 Å². The maximum absolute atomic E-state index is 11.1. The topological polar surface area (TPSA) is 66.9 Å². The van der Waals surface area contributed by atoms with Crippen LogP contribution in [0.1, 0.15) is 11.8 Å². The van der Waals surface area contributed by atoms with Gasteiger partial charge >= 0.3 is 0 Å². The summed E-state index contributed by atoms with van der Waals surface area (Å²) in [6.45, 7) is 1.53. The van der Waals surface area contributed by atoms with Crippen molar-refractivity contribution in [3.05, 3.63) is 40.9 Å². The average Bonchev–Trinajstić information content (AvgIpc) is 2.61. The van der Waals surface area contributed by atoms with E-state index >= 15 is 0 Å². The van der Waals surface area contributed by atoms with Crippen molar-refractivity contribution in [2.24, 2.45) is 5.73 Å². The molecule has 1 atom stereocenters. The summed E-state index contributed by atoms with van der Waals surface area (Å²) >= 11 is 1.44. The molecule has 2 aromatic rings. The van der Waals surface area contributed by atoms with Crippen molar-refractivity contribution in [1.29, 1.82) is 0 Å². The molecule has 0 bridgehead atoms. The predicted octanol–water partition coefficient (Wildman–Crippen LogP) is 2.65. The van der Waals surface area contributed by atoms with Gasteiger partial charge in [0.1, 0.15) is 0 Å². The zero-order valence-electron chi connectivity index (χ0n) is 8.28. The summed E-state index contributed by atoms with van der Waals surface area (Å²) in [5, 5.41) is 1.05. The highest BCUT2D eigenvalue weighted by atomic mass is 32.1. The van der Waals surface area contributed by atoms with E-state index in [-0.39, 0.29) is 0 Å². The molecule has 4 heteroatoms. The van der Waals surface area contributed by atoms with Gasteiger partial charge in [0.2, 0.25) is 5.91 Å².